The molecule has 0 atom stereocenters. The van der Waals surface area contributed by atoms with E-state index in [0.717, 1.165) is 16.1 Å². The predicted octanol–water partition coefficient (Wildman–Crippen LogP) is 3.83. The van der Waals surface area contributed by atoms with E-state index in [9.17, 15) is 18.5 Å². The van der Waals surface area contributed by atoms with E-state index >= 15 is 0 Å². The number of nitro benzene ring substituents is 1. The van der Waals surface area contributed by atoms with Gasteiger partial charge in [0.2, 0.25) is 10.0 Å². The molecule has 0 aliphatic heterocycles. The molecule has 0 aromatic heterocycles. The van der Waals surface area contributed by atoms with Crippen molar-refractivity contribution in [3.05, 3.63) is 62.6 Å². The smallest absolute Gasteiger partial charge is 0.270 e. The van der Waals surface area contributed by atoms with Crippen LogP contribution in [-0.4, -0.2) is 37.0 Å². The van der Waals surface area contributed by atoms with Gasteiger partial charge in [-0.15, -0.1) is 0 Å². The van der Waals surface area contributed by atoms with Crippen LogP contribution >= 0.6 is 15.9 Å². The van der Waals surface area contributed by atoms with Crippen LogP contribution in [0.15, 0.2) is 56.9 Å². The van der Waals surface area contributed by atoms with Gasteiger partial charge in [0.25, 0.3) is 5.69 Å². The summed E-state index contributed by atoms with van der Waals surface area (Å²) in [7, 11) is -3.90. The summed E-state index contributed by atoms with van der Waals surface area (Å²) < 4.78 is 27.9. The number of sulfonamides is 1. The van der Waals surface area contributed by atoms with Gasteiger partial charge in [0, 0.05) is 29.7 Å². The number of hydrogen-bond acceptors (Lipinski definition) is 6. The van der Waals surface area contributed by atoms with E-state index in [1.807, 2.05) is 24.3 Å². The normalized spacial score (nSPS) is 11.9. The molecule has 10 heteroatoms. The minimum absolute atomic E-state index is 0.166. The number of anilines is 1. The molecule has 0 aliphatic carbocycles. The predicted molar refractivity (Wildman–Crippen MR) is 109 cm³/mol. The van der Waals surface area contributed by atoms with Gasteiger partial charge in [-0.1, -0.05) is 41.9 Å². The summed E-state index contributed by atoms with van der Waals surface area (Å²) in [4.78, 5) is 10.3. The van der Waals surface area contributed by atoms with Gasteiger partial charge >= 0.3 is 0 Å². The molecule has 2 aromatic carbocycles. The first-order valence-electron chi connectivity index (χ1n) is 8.12. The number of non-ortho nitro benzene ring substituents is 1. The molecular weight excluding hydrogens is 436 g/mol. The second kappa shape index (κ2) is 9.07. The molecule has 144 valence electrons. The van der Waals surface area contributed by atoms with Crippen LogP contribution in [-0.2, 0) is 10.0 Å². The minimum Gasteiger partial charge on any atom is -0.277 e. The third-order valence-electron chi connectivity index (χ3n) is 3.75. The lowest BCUT2D eigenvalue weighted by Gasteiger charge is -2.20. The highest BCUT2D eigenvalue weighted by molar-refractivity contribution is 9.10. The van der Waals surface area contributed by atoms with Crippen LogP contribution in [0.2, 0.25) is 0 Å². The Bertz CT molecular complexity index is 959. The van der Waals surface area contributed by atoms with Gasteiger partial charge in [-0.3, -0.25) is 15.5 Å². The average Bonchev–Trinajstić information content (AvgIpc) is 2.62. The summed E-state index contributed by atoms with van der Waals surface area (Å²) >= 11 is 3.36. The number of nitrogens with zero attached hydrogens (tertiary/aromatic N) is 3. The van der Waals surface area contributed by atoms with Crippen molar-refractivity contribution in [2.45, 2.75) is 18.7 Å². The molecule has 8 nitrogen and oxygen atoms in total. The quantitative estimate of drug-likeness (QED) is 0.370. The lowest BCUT2D eigenvalue weighted by molar-refractivity contribution is -0.385. The molecule has 27 heavy (non-hydrogen) atoms. The molecule has 0 aliphatic rings. The Morgan fingerprint density at radius 1 is 1.22 bits per heavy atom. The third-order valence-corrected chi connectivity index (χ3v) is 6.33. The first-order chi connectivity index (χ1) is 12.8. The van der Waals surface area contributed by atoms with Gasteiger partial charge in [0.05, 0.1) is 16.8 Å². The Balaban J connectivity index is 2.42. The van der Waals surface area contributed by atoms with E-state index in [1.165, 1.54) is 22.7 Å². The second-order valence-corrected chi connectivity index (χ2v) is 8.27. The number of nitrogens with one attached hydrogen (secondary N) is 1. The number of benzene rings is 2. The van der Waals surface area contributed by atoms with Crippen LogP contribution in [0.5, 0.6) is 0 Å². The monoisotopic (exact) mass is 454 g/mol. The summed E-state index contributed by atoms with van der Waals surface area (Å²) in [5, 5.41) is 15.1. The van der Waals surface area contributed by atoms with Crippen molar-refractivity contribution < 1.29 is 13.3 Å². The highest BCUT2D eigenvalue weighted by Crippen LogP contribution is 2.29. The van der Waals surface area contributed by atoms with Crippen LogP contribution < -0.4 is 5.43 Å². The Morgan fingerprint density at radius 2 is 1.93 bits per heavy atom. The van der Waals surface area contributed by atoms with Crippen molar-refractivity contribution >= 4 is 43.5 Å². The van der Waals surface area contributed by atoms with Crippen LogP contribution in [0, 0.1) is 10.1 Å². The standard InChI is InChI=1S/C17H19BrN4O4S/c1-3-21(4-2)27(25,26)17-11-15(22(23)24)8-9-16(17)20-19-12-13-6-5-7-14(18)10-13/h5-12,20H,3-4H2,1-2H3/b19-12+. The zero-order valence-electron chi connectivity index (χ0n) is 14.8. The second-order valence-electron chi connectivity index (χ2n) is 5.45. The molecule has 0 spiro atoms. The topological polar surface area (TPSA) is 105 Å². The lowest BCUT2D eigenvalue weighted by atomic mass is 10.2. The SMILES string of the molecule is CCN(CC)S(=O)(=O)c1cc([N+](=O)[O-])ccc1N/N=C/c1cccc(Br)c1. The Kier molecular flexibility index (Phi) is 7.05. The maximum absolute atomic E-state index is 12.9. The van der Waals surface area contributed by atoms with E-state index in [2.05, 4.69) is 26.5 Å². The summed E-state index contributed by atoms with van der Waals surface area (Å²) in [6.07, 6.45) is 1.53. The highest BCUT2D eigenvalue weighted by atomic mass is 79.9. The van der Waals surface area contributed by atoms with E-state index in [4.69, 9.17) is 0 Å². The van der Waals surface area contributed by atoms with E-state index in [0.29, 0.717) is 0 Å². The molecule has 2 aromatic rings. The van der Waals surface area contributed by atoms with Crippen LogP contribution in [0.4, 0.5) is 11.4 Å². The fourth-order valence-electron chi connectivity index (χ4n) is 2.40. The van der Waals surface area contributed by atoms with Gasteiger partial charge in [-0.2, -0.15) is 9.41 Å². The molecule has 0 bridgehead atoms. The maximum atomic E-state index is 12.9. The van der Waals surface area contributed by atoms with Crippen molar-refractivity contribution in [3.8, 4) is 0 Å². The molecule has 1 N–H and O–H groups in total. The van der Waals surface area contributed by atoms with Crippen molar-refractivity contribution in [1.29, 1.82) is 0 Å². The molecule has 0 saturated carbocycles. The maximum Gasteiger partial charge on any atom is 0.270 e. The Labute approximate surface area is 166 Å². The van der Waals surface area contributed by atoms with Crippen molar-refractivity contribution in [2.24, 2.45) is 5.10 Å². The van der Waals surface area contributed by atoms with E-state index < -0.39 is 14.9 Å². The lowest BCUT2D eigenvalue weighted by Crippen LogP contribution is -2.31. The van der Waals surface area contributed by atoms with Gasteiger partial charge in [-0.25, -0.2) is 8.42 Å². The van der Waals surface area contributed by atoms with Crippen molar-refractivity contribution in [2.75, 3.05) is 18.5 Å². The first kappa shape index (κ1) is 21.0. The molecule has 0 heterocycles. The van der Waals surface area contributed by atoms with E-state index in [-0.39, 0.29) is 29.4 Å². The molecule has 0 radical (unpaired) electrons. The summed E-state index contributed by atoms with van der Waals surface area (Å²) in [5.41, 5.74) is 3.34. The number of rotatable bonds is 8. The molecular formula is C17H19BrN4O4S. The van der Waals surface area contributed by atoms with E-state index in [1.54, 1.807) is 13.8 Å². The van der Waals surface area contributed by atoms with Gasteiger partial charge in [-0.05, 0) is 23.8 Å². The fourth-order valence-corrected chi connectivity index (χ4v) is 4.43. The summed E-state index contributed by atoms with van der Waals surface area (Å²) in [5.74, 6) is 0. The minimum atomic E-state index is -3.90. The van der Waals surface area contributed by atoms with Crippen LogP contribution in [0.1, 0.15) is 19.4 Å². The fraction of sp³-hybridized carbons (Fsp3) is 0.235. The first-order valence-corrected chi connectivity index (χ1v) is 10.4. The number of nitro groups is 1. The Hall–Kier alpha value is -2.30. The van der Waals surface area contributed by atoms with Crippen molar-refractivity contribution in [3.63, 3.8) is 0 Å². The summed E-state index contributed by atoms with van der Waals surface area (Å²) in [6.45, 7) is 3.92. The molecule has 0 saturated heterocycles. The van der Waals surface area contributed by atoms with Gasteiger partial charge in [0.15, 0.2) is 0 Å². The van der Waals surface area contributed by atoms with Crippen LogP contribution in [0.25, 0.3) is 0 Å². The third kappa shape index (κ3) is 5.12. The summed E-state index contributed by atoms with van der Waals surface area (Å²) in [6, 6.07) is 11.0. The highest BCUT2D eigenvalue weighted by Gasteiger charge is 2.27. The average molecular weight is 455 g/mol. The zero-order chi connectivity index (χ0) is 20.0. The van der Waals surface area contributed by atoms with Crippen molar-refractivity contribution in [1.82, 2.24) is 4.31 Å². The molecule has 2 rings (SSSR count). The molecule has 0 amide bonds. The van der Waals surface area contributed by atoms with Gasteiger partial charge < -0.3 is 0 Å². The zero-order valence-corrected chi connectivity index (χ0v) is 17.2. The number of hydrogen-bond donors (Lipinski definition) is 1. The number of halogens is 1. The molecule has 0 fully saturated rings. The largest absolute Gasteiger partial charge is 0.277 e. The van der Waals surface area contributed by atoms with Gasteiger partial charge in [0.1, 0.15) is 4.90 Å². The number of hydrazone groups is 1. The molecule has 0 unspecified atom stereocenters. The van der Waals surface area contributed by atoms with Crippen LogP contribution in [0.3, 0.4) is 0 Å². The Morgan fingerprint density at radius 3 is 2.52 bits per heavy atom.